The van der Waals surface area contributed by atoms with Crippen molar-refractivity contribution in [2.24, 2.45) is 0 Å². The SMILES string of the molecule is COc1ccc([C@H]2O[C@H]3C=Cc4ccccc4N3c3ccccc32)cc1. The Labute approximate surface area is 153 Å². The van der Waals surface area contributed by atoms with E-state index in [2.05, 4.69) is 77.7 Å². The predicted molar refractivity (Wildman–Crippen MR) is 104 cm³/mol. The molecule has 2 atom stereocenters. The monoisotopic (exact) mass is 341 g/mol. The summed E-state index contributed by atoms with van der Waals surface area (Å²) in [4.78, 5) is 2.28. The van der Waals surface area contributed by atoms with Crippen LogP contribution in [0.4, 0.5) is 11.4 Å². The van der Waals surface area contributed by atoms with E-state index in [0.717, 1.165) is 11.3 Å². The molecule has 2 aliphatic heterocycles. The lowest BCUT2D eigenvalue weighted by atomic mass is 9.95. The second kappa shape index (κ2) is 6.04. The molecule has 0 aliphatic carbocycles. The molecule has 2 heterocycles. The van der Waals surface area contributed by atoms with Crippen LogP contribution in [-0.4, -0.2) is 13.3 Å². The van der Waals surface area contributed by atoms with Crippen molar-refractivity contribution in [3.05, 3.63) is 95.6 Å². The molecule has 0 fully saturated rings. The van der Waals surface area contributed by atoms with Crippen molar-refractivity contribution in [2.75, 3.05) is 12.0 Å². The topological polar surface area (TPSA) is 21.7 Å². The molecule has 0 saturated carbocycles. The average Bonchev–Trinajstić information content (AvgIpc) is 2.73. The van der Waals surface area contributed by atoms with Crippen molar-refractivity contribution in [3.8, 4) is 5.75 Å². The van der Waals surface area contributed by atoms with E-state index in [0.29, 0.717) is 0 Å². The summed E-state index contributed by atoms with van der Waals surface area (Å²) >= 11 is 0. The molecule has 0 saturated heterocycles. The third-order valence-corrected chi connectivity index (χ3v) is 5.06. The number of benzene rings is 3. The maximum Gasteiger partial charge on any atom is 0.155 e. The van der Waals surface area contributed by atoms with Gasteiger partial charge in [-0.05, 0) is 41.5 Å². The zero-order valence-electron chi connectivity index (χ0n) is 14.5. The molecule has 0 bridgehead atoms. The third kappa shape index (κ3) is 2.32. The van der Waals surface area contributed by atoms with Gasteiger partial charge in [-0.3, -0.25) is 0 Å². The minimum Gasteiger partial charge on any atom is -0.497 e. The molecule has 5 rings (SSSR count). The number of methoxy groups -OCH3 is 1. The first-order valence-electron chi connectivity index (χ1n) is 8.80. The number of ether oxygens (including phenoxy) is 2. The molecular weight excluding hydrogens is 322 g/mol. The van der Waals surface area contributed by atoms with Gasteiger partial charge in [0.2, 0.25) is 0 Å². The van der Waals surface area contributed by atoms with Gasteiger partial charge in [-0.25, -0.2) is 0 Å². The number of anilines is 2. The summed E-state index contributed by atoms with van der Waals surface area (Å²) in [5.41, 5.74) is 5.90. The molecular formula is C23H19NO2. The van der Waals surface area contributed by atoms with Crippen molar-refractivity contribution in [3.63, 3.8) is 0 Å². The Hall–Kier alpha value is -3.04. The zero-order valence-corrected chi connectivity index (χ0v) is 14.5. The maximum atomic E-state index is 6.53. The molecule has 0 N–H and O–H groups in total. The van der Waals surface area contributed by atoms with Crippen molar-refractivity contribution in [1.82, 2.24) is 0 Å². The molecule has 2 aliphatic rings. The van der Waals surface area contributed by atoms with Gasteiger partial charge in [0, 0.05) is 5.56 Å². The van der Waals surface area contributed by atoms with E-state index in [9.17, 15) is 0 Å². The third-order valence-electron chi connectivity index (χ3n) is 5.06. The molecule has 3 aromatic carbocycles. The van der Waals surface area contributed by atoms with Crippen molar-refractivity contribution >= 4 is 17.5 Å². The quantitative estimate of drug-likeness (QED) is 0.631. The minimum absolute atomic E-state index is 0.103. The van der Waals surface area contributed by atoms with Crippen LogP contribution in [0.2, 0.25) is 0 Å². The van der Waals surface area contributed by atoms with Crippen molar-refractivity contribution in [2.45, 2.75) is 12.3 Å². The molecule has 0 spiro atoms. The highest BCUT2D eigenvalue weighted by atomic mass is 16.5. The highest BCUT2D eigenvalue weighted by Gasteiger charge is 2.35. The van der Waals surface area contributed by atoms with E-state index in [-0.39, 0.29) is 12.3 Å². The normalized spacial score (nSPS) is 20.1. The summed E-state index contributed by atoms with van der Waals surface area (Å²) < 4.78 is 11.8. The maximum absolute atomic E-state index is 6.53. The lowest BCUT2D eigenvalue weighted by Gasteiger charge is -2.43. The van der Waals surface area contributed by atoms with Gasteiger partial charge < -0.3 is 14.4 Å². The number of hydrogen-bond donors (Lipinski definition) is 0. The Morgan fingerprint density at radius 1 is 0.846 bits per heavy atom. The largest absolute Gasteiger partial charge is 0.497 e. The van der Waals surface area contributed by atoms with Crippen LogP contribution in [0.3, 0.4) is 0 Å². The van der Waals surface area contributed by atoms with Gasteiger partial charge in [-0.2, -0.15) is 0 Å². The van der Waals surface area contributed by atoms with Crippen LogP contribution in [0, 0.1) is 0 Å². The highest BCUT2D eigenvalue weighted by Crippen LogP contribution is 2.46. The van der Waals surface area contributed by atoms with Gasteiger partial charge in [0.25, 0.3) is 0 Å². The number of para-hydroxylation sites is 2. The Kier molecular flexibility index (Phi) is 3.54. The van der Waals surface area contributed by atoms with E-state index in [4.69, 9.17) is 9.47 Å². The Balaban J connectivity index is 1.64. The molecule has 26 heavy (non-hydrogen) atoms. The lowest BCUT2D eigenvalue weighted by Crippen LogP contribution is -2.40. The lowest BCUT2D eigenvalue weighted by molar-refractivity contribution is 0.0302. The molecule has 0 radical (unpaired) electrons. The fourth-order valence-electron chi connectivity index (χ4n) is 3.81. The first-order chi connectivity index (χ1) is 12.8. The minimum atomic E-state index is -0.119. The van der Waals surface area contributed by atoms with Crippen LogP contribution in [-0.2, 0) is 4.74 Å². The number of rotatable bonds is 2. The molecule has 128 valence electrons. The summed E-state index contributed by atoms with van der Waals surface area (Å²) in [5.74, 6) is 0.853. The second-order valence-electron chi connectivity index (χ2n) is 6.53. The van der Waals surface area contributed by atoms with Crippen LogP contribution in [0.1, 0.15) is 22.8 Å². The summed E-state index contributed by atoms with van der Waals surface area (Å²) in [6.45, 7) is 0. The molecule has 3 heteroatoms. The number of nitrogens with zero attached hydrogens (tertiary/aromatic N) is 1. The fourth-order valence-corrected chi connectivity index (χ4v) is 3.81. The van der Waals surface area contributed by atoms with E-state index in [1.807, 2.05) is 12.1 Å². The van der Waals surface area contributed by atoms with Crippen molar-refractivity contribution in [1.29, 1.82) is 0 Å². The number of hydrogen-bond acceptors (Lipinski definition) is 3. The molecule has 0 amide bonds. The van der Waals surface area contributed by atoms with Gasteiger partial charge in [0.15, 0.2) is 6.23 Å². The summed E-state index contributed by atoms with van der Waals surface area (Å²) in [6.07, 6.45) is 4.06. The van der Waals surface area contributed by atoms with E-state index in [1.165, 1.54) is 22.5 Å². The van der Waals surface area contributed by atoms with Crippen LogP contribution >= 0.6 is 0 Å². The van der Waals surface area contributed by atoms with Gasteiger partial charge in [-0.1, -0.05) is 54.6 Å². The first kappa shape index (κ1) is 15.2. The van der Waals surface area contributed by atoms with E-state index < -0.39 is 0 Å². The Bertz CT molecular complexity index is 978. The van der Waals surface area contributed by atoms with Gasteiger partial charge in [0.05, 0.1) is 18.5 Å². The number of fused-ring (bicyclic) bond motifs is 5. The van der Waals surface area contributed by atoms with Crippen LogP contribution in [0.5, 0.6) is 5.75 Å². The Morgan fingerprint density at radius 3 is 2.38 bits per heavy atom. The molecule has 3 aromatic rings. The summed E-state index contributed by atoms with van der Waals surface area (Å²) in [7, 11) is 1.68. The highest BCUT2D eigenvalue weighted by molar-refractivity contribution is 5.80. The van der Waals surface area contributed by atoms with Gasteiger partial charge in [-0.15, -0.1) is 0 Å². The second-order valence-corrected chi connectivity index (χ2v) is 6.53. The Morgan fingerprint density at radius 2 is 1.58 bits per heavy atom. The van der Waals surface area contributed by atoms with Gasteiger partial charge >= 0.3 is 0 Å². The first-order valence-corrected chi connectivity index (χ1v) is 8.80. The average molecular weight is 341 g/mol. The van der Waals surface area contributed by atoms with E-state index in [1.54, 1.807) is 7.11 Å². The van der Waals surface area contributed by atoms with Crippen molar-refractivity contribution < 1.29 is 9.47 Å². The smallest absolute Gasteiger partial charge is 0.155 e. The van der Waals surface area contributed by atoms with Crippen LogP contribution in [0.15, 0.2) is 78.9 Å². The fraction of sp³-hybridized carbons (Fsp3) is 0.130. The summed E-state index contributed by atoms with van der Waals surface area (Å²) in [5, 5.41) is 0. The molecule has 3 nitrogen and oxygen atoms in total. The van der Waals surface area contributed by atoms with Crippen LogP contribution in [0.25, 0.3) is 6.08 Å². The van der Waals surface area contributed by atoms with Crippen LogP contribution < -0.4 is 9.64 Å². The summed E-state index contributed by atoms with van der Waals surface area (Å²) in [6, 6.07) is 25.1. The zero-order chi connectivity index (χ0) is 17.5. The van der Waals surface area contributed by atoms with Gasteiger partial charge in [0.1, 0.15) is 11.9 Å². The molecule has 0 aromatic heterocycles. The standard InChI is InChI=1S/C23H19NO2/c1-25-18-13-10-17(11-14-18)23-19-7-3-5-9-21(19)24-20-8-4-2-6-16(20)12-15-22(24)26-23/h2-15,22-23H,1H3/t22-,23+/m0/s1. The van der Waals surface area contributed by atoms with E-state index >= 15 is 0 Å². The molecule has 0 unspecified atom stereocenters. The predicted octanol–water partition coefficient (Wildman–Crippen LogP) is 5.31.